The summed E-state index contributed by atoms with van der Waals surface area (Å²) in [5.74, 6) is 0.322. The molecule has 7 heteroatoms. The van der Waals surface area contributed by atoms with Gasteiger partial charge in [-0.2, -0.15) is 0 Å². The van der Waals surface area contributed by atoms with Crippen LogP contribution in [-0.2, 0) is 35.8 Å². The van der Waals surface area contributed by atoms with Crippen molar-refractivity contribution in [1.82, 2.24) is 15.5 Å². The molecule has 1 atom stereocenters. The van der Waals surface area contributed by atoms with Crippen molar-refractivity contribution in [2.24, 2.45) is 0 Å². The number of carbonyl (C=O) groups is 2. The molecule has 4 aromatic rings. The van der Waals surface area contributed by atoms with Gasteiger partial charge in [0.15, 0.2) is 0 Å². The number of alkyl carbamates (subject to hydrolysis) is 1. The second-order valence-electron chi connectivity index (χ2n) is 9.75. The first kappa shape index (κ1) is 28.4. The summed E-state index contributed by atoms with van der Waals surface area (Å²) in [6.45, 7) is 1.71. The number of benzene rings is 4. The Morgan fingerprint density at radius 3 is 1.88 bits per heavy atom. The van der Waals surface area contributed by atoms with Gasteiger partial charge in [0.2, 0.25) is 5.91 Å². The van der Waals surface area contributed by atoms with E-state index in [1.54, 1.807) is 24.3 Å². The van der Waals surface area contributed by atoms with E-state index >= 15 is 0 Å². The topological polar surface area (TPSA) is 79.9 Å². The molecule has 0 aliphatic carbocycles. The highest BCUT2D eigenvalue weighted by Gasteiger charge is 2.23. The summed E-state index contributed by atoms with van der Waals surface area (Å²) in [6, 6.07) is 33.5. The number of nitrogens with one attached hydrogen (secondary N) is 2. The van der Waals surface area contributed by atoms with Crippen molar-refractivity contribution in [1.29, 1.82) is 0 Å². The van der Waals surface area contributed by atoms with Crippen molar-refractivity contribution in [3.63, 3.8) is 0 Å². The fourth-order valence-corrected chi connectivity index (χ4v) is 4.10. The zero-order valence-electron chi connectivity index (χ0n) is 22.9. The van der Waals surface area contributed by atoms with E-state index in [4.69, 9.17) is 9.47 Å². The van der Waals surface area contributed by atoms with Gasteiger partial charge in [-0.25, -0.2) is 4.79 Å². The van der Waals surface area contributed by atoms with Crippen LogP contribution in [0.15, 0.2) is 109 Å². The summed E-state index contributed by atoms with van der Waals surface area (Å²) in [7, 11) is 4.04. The molecule has 0 aliphatic rings. The molecule has 4 rings (SSSR count). The Bertz CT molecular complexity index is 1340. The highest BCUT2D eigenvalue weighted by Crippen LogP contribution is 2.20. The maximum absolute atomic E-state index is 13.3. The minimum absolute atomic E-state index is 0.104. The molecule has 0 radical (unpaired) electrons. The maximum atomic E-state index is 13.3. The number of hydrogen-bond donors (Lipinski definition) is 2. The van der Waals surface area contributed by atoms with Crippen LogP contribution in [-0.4, -0.2) is 31.0 Å². The van der Waals surface area contributed by atoms with Gasteiger partial charge in [0, 0.05) is 13.1 Å². The van der Waals surface area contributed by atoms with Crippen LogP contribution in [0.1, 0.15) is 33.9 Å². The lowest BCUT2D eigenvalue weighted by atomic mass is 10.1. The molecule has 0 aromatic heterocycles. The molecule has 4 aromatic carbocycles. The summed E-state index contributed by atoms with van der Waals surface area (Å²) in [5.41, 5.74) is 4.68. The Hall–Kier alpha value is -4.62. The van der Waals surface area contributed by atoms with Crippen LogP contribution in [0.4, 0.5) is 4.79 Å². The number of amides is 2. The van der Waals surface area contributed by atoms with E-state index in [1.165, 1.54) is 5.56 Å². The lowest BCUT2D eigenvalue weighted by Gasteiger charge is -2.19. The van der Waals surface area contributed by atoms with Crippen molar-refractivity contribution in [3.8, 4) is 5.75 Å². The molecule has 0 unspecified atom stereocenters. The van der Waals surface area contributed by atoms with Crippen molar-refractivity contribution in [3.05, 3.63) is 137 Å². The van der Waals surface area contributed by atoms with Gasteiger partial charge < -0.3 is 25.0 Å². The summed E-state index contributed by atoms with van der Waals surface area (Å²) in [4.78, 5) is 28.1. The Morgan fingerprint density at radius 2 is 1.27 bits per heavy atom. The number of carbonyl (C=O) groups excluding carboxylic acids is 2. The van der Waals surface area contributed by atoms with Crippen molar-refractivity contribution in [2.45, 2.75) is 32.3 Å². The summed E-state index contributed by atoms with van der Waals surface area (Å²) in [6.07, 6.45) is -0.679. The van der Waals surface area contributed by atoms with E-state index in [-0.39, 0.29) is 12.5 Å². The molecule has 0 bridgehead atoms. The van der Waals surface area contributed by atoms with E-state index < -0.39 is 12.1 Å². The van der Waals surface area contributed by atoms with Gasteiger partial charge in [0.1, 0.15) is 25.0 Å². The van der Waals surface area contributed by atoms with Gasteiger partial charge in [0.05, 0.1) is 0 Å². The molecule has 0 spiro atoms. The van der Waals surface area contributed by atoms with E-state index in [9.17, 15) is 9.59 Å². The molecule has 0 saturated heterocycles. The maximum Gasteiger partial charge on any atom is 0.408 e. The lowest BCUT2D eigenvalue weighted by Crippen LogP contribution is -2.40. The zero-order valence-corrected chi connectivity index (χ0v) is 22.9. The Kier molecular flexibility index (Phi) is 10.3. The number of ether oxygens (including phenoxy) is 2. The van der Waals surface area contributed by atoms with E-state index in [2.05, 4.69) is 15.5 Å². The Balaban J connectivity index is 1.41. The second-order valence-corrected chi connectivity index (χ2v) is 9.75. The van der Waals surface area contributed by atoms with Crippen LogP contribution in [0.5, 0.6) is 5.75 Å². The summed E-state index contributed by atoms with van der Waals surface area (Å²) in [5, 5.41) is 5.68. The smallest absolute Gasteiger partial charge is 0.408 e. The molecule has 2 amide bonds. The van der Waals surface area contributed by atoms with E-state index in [0.29, 0.717) is 24.5 Å². The number of nitrogens with zero attached hydrogens (tertiary/aromatic N) is 1. The average molecular weight is 538 g/mol. The Labute approximate surface area is 235 Å². The molecule has 0 saturated carbocycles. The number of hydrogen-bond acceptors (Lipinski definition) is 5. The zero-order chi connectivity index (χ0) is 28.2. The Morgan fingerprint density at radius 1 is 0.700 bits per heavy atom. The lowest BCUT2D eigenvalue weighted by molar-refractivity contribution is -0.123. The van der Waals surface area contributed by atoms with Crippen LogP contribution in [0, 0.1) is 0 Å². The minimum Gasteiger partial charge on any atom is -0.489 e. The van der Waals surface area contributed by atoms with Crippen LogP contribution < -0.4 is 15.4 Å². The predicted molar refractivity (Wildman–Crippen MR) is 155 cm³/mol. The SMILES string of the molecule is CN(C)Cc1ccc(CNC(=O)[C@@H](NC(=O)OCc2ccccc2)c2ccc(OCc3ccccc3)cc2)cc1. The third-order valence-corrected chi connectivity index (χ3v) is 6.19. The van der Waals surface area contributed by atoms with Crippen LogP contribution in [0.25, 0.3) is 0 Å². The summed E-state index contributed by atoms with van der Waals surface area (Å²) >= 11 is 0. The highest BCUT2D eigenvalue weighted by molar-refractivity contribution is 5.86. The van der Waals surface area contributed by atoms with Gasteiger partial charge in [-0.3, -0.25) is 4.79 Å². The van der Waals surface area contributed by atoms with Gasteiger partial charge in [-0.1, -0.05) is 97.1 Å². The predicted octanol–water partition coefficient (Wildman–Crippen LogP) is 5.61. The monoisotopic (exact) mass is 537 g/mol. The molecular formula is C33H35N3O4. The quantitative estimate of drug-likeness (QED) is 0.246. The van der Waals surface area contributed by atoms with E-state index in [1.807, 2.05) is 99.0 Å². The highest BCUT2D eigenvalue weighted by atomic mass is 16.5. The largest absolute Gasteiger partial charge is 0.489 e. The fourth-order valence-electron chi connectivity index (χ4n) is 4.10. The summed E-state index contributed by atoms with van der Waals surface area (Å²) < 4.78 is 11.3. The van der Waals surface area contributed by atoms with Gasteiger partial charge >= 0.3 is 6.09 Å². The van der Waals surface area contributed by atoms with Crippen molar-refractivity contribution in [2.75, 3.05) is 14.1 Å². The molecule has 206 valence electrons. The van der Waals surface area contributed by atoms with Crippen molar-refractivity contribution >= 4 is 12.0 Å². The molecular weight excluding hydrogens is 502 g/mol. The second kappa shape index (κ2) is 14.5. The molecule has 0 heterocycles. The van der Waals surface area contributed by atoms with Crippen LogP contribution in [0.2, 0.25) is 0 Å². The third kappa shape index (κ3) is 8.99. The number of rotatable bonds is 12. The fraction of sp³-hybridized carbons (Fsp3) is 0.212. The normalized spacial score (nSPS) is 11.5. The standard InChI is InChI=1S/C33H35N3O4/c1-36(2)22-26-15-13-25(14-16-26)21-34-32(37)31(35-33(38)40-24-28-11-7-4-8-12-28)29-17-19-30(20-18-29)39-23-27-9-5-3-6-10-27/h3-20,31H,21-24H2,1-2H3,(H,34,37)(H,35,38)/t31-/m0/s1. The molecule has 40 heavy (non-hydrogen) atoms. The molecule has 2 N–H and O–H groups in total. The van der Waals surface area contributed by atoms with Crippen LogP contribution in [0.3, 0.4) is 0 Å². The minimum atomic E-state index is -0.945. The first-order valence-corrected chi connectivity index (χ1v) is 13.2. The van der Waals surface area contributed by atoms with Gasteiger partial charge in [-0.15, -0.1) is 0 Å². The van der Waals surface area contributed by atoms with E-state index in [0.717, 1.165) is 23.2 Å². The molecule has 0 fully saturated rings. The first-order valence-electron chi connectivity index (χ1n) is 13.2. The third-order valence-electron chi connectivity index (χ3n) is 6.19. The van der Waals surface area contributed by atoms with Crippen LogP contribution >= 0.6 is 0 Å². The van der Waals surface area contributed by atoms with Gasteiger partial charge in [-0.05, 0) is 54.0 Å². The average Bonchev–Trinajstić information content (AvgIpc) is 2.98. The van der Waals surface area contributed by atoms with Crippen molar-refractivity contribution < 1.29 is 19.1 Å². The molecule has 0 aliphatic heterocycles. The van der Waals surface area contributed by atoms with Gasteiger partial charge in [0.25, 0.3) is 0 Å². The first-order chi connectivity index (χ1) is 19.5. The molecule has 7 nitrogen and oxygen atoms in total.